The van der Waals surface area contributed by atoms with Crippen molar-refractivity contribution in [1.29, 1.82) is 0 Å². The Morgan fingerprint density at radius 1 is 0.897 bits per heavy atom. The molecule has 2 aliphatic heterocycles. The van der Waals surface area contributed by atoms with Gasteiger partial charge in [0.15, 0.2) is 11.6 Å². The van der Waals surface area contributed by atoms with Gasteiger partial charge in [0.2, 0.25) is 0 Å². The molecular weight excluding hydrogens is 494 g/mol. The van der Waals surface area contributed by atoms with Gasteiger partial charge in [-0.05, 0) is 61.2 Å². The fourth-order valence-corrected chi connectivity index (χ4v) is 6.45. The van der Waals surface area contributed by atoms with Crippen LogP contribution in [-0.4, -0.2) is 59.9 Å². The summed E-state index contributed by atoms with van der Waals surface area (Å²) >= 11 is 0. The molecule has 0 spiro atoms. The molecule has 1 fully saturated rings. The van der Waals surface area contributed by atoms with Crippen molar-refractivity contribution in [2.24, 2.45) is 0 Å². The Morgan fingerprint density at radius 2 is 1.74 bits per heavy atom. The first-order valence-electron chi connectivity index (χ1n) is 14.0. The largest absolute Gasteiger partial charge is 0.376 e. The monoisotopic (exact) mass is 526 g/mol. The second-order valence-corrected chi connectivity index (χ2v) is 10.9. The number of aromatic nitrogens is 2. The second kappa shape index (κ2) is 9.88. The molecule has 5 nitrogen and oxygen atoms in total. The Kier molecular flexibility index (Phi) is 6.21. The second-order valence-electron chi connectivity index (χ2n) is 10.9. The Morgan fingerprint density at radius 3 is 2.62 bits per heavy atom. The van der Waals surface area contributed by atoms with Crippen LogP contribution in [-0.2, 0) is 11.3 Å². The highest BCUT2D eigenvalue weighted by Crippen LogP contribution is 2.42. The standard InChI is InChI=1S/C32H32F2N4O/c1-21-20-36(16-17-39-21)12-4-13-37-14-5-15-38-29-11-9-22(23-8-10-26(33)27(34)19-23)18-25(29)30-32(38)31(37)24-6-2-3-7-28(24)35-30/h2-3,6-11,18-19,21H,4-5,12-17,20H2,1H3/t21-/m1/s1. The van der Waals surface area contributed by atoms with Crippen LogP contribution in [0.2, 0.25) is 0 Å². The zero-order chi connectivity index (χ0) is 26.5. The summed E-state index contributed by atoms with van der Waals surface area (Å²) < 4.78 is 35.8. The van der Waals surface area contributed by atoms with E-state index in [0.29, 0.717) is 11.7 Å². The summed E-state index contributed by atoms with van der Waals surface area (Å²) in [4.78, 5) is 10.3. The van der Waals surface area contributed by atoms with E-state index in [0.717, 1.165) is 86.2 Å². The molecule has 4 heterocycles. The molecule has 0 saturated carbocycles. The van der Waals surface area contributed by atoms with E-state index in [-0.39, 0.29) is 0 Å². The summed E-state index contributed by atoms with van der Waals surface area (Å²) in [5, 5.41) is 2.22. The van der Waals surface area contributed by atoms with E-state index in [9.17, 15) is 8.78 Å². The number of pyridine rings is 1. The van der Waals surface area contributed by atoms with Gasteiger partial charge in [-0.1, -0.05) is 30.3 Å². The lowest BCUT2D eigenvalue weighted by Crippen LogP contribution is -2.42. The Bertz CT molecular complexity index is 1700. The van der Waals surface area contributed by atoms with Gasteiger partial charge in [0, 0.05) is 50.0 Å². The van der Waals surface area contributed by atoms with Gasteiger partial charge in [0.05, 0.1) is 40.5 Å². The van der Waals surface area contributed by atoms with Crippen molar-refractivity contribution in [3.05, 3.63) is 72.3 Å². The number of ether oxygens (including phenoxy) is 1. The molecule has 0 unspecified atom stereocenters. The maximum Gasteiger partial charge on any atom is 0.159 e. The number of fused-ring (bicyclic) bond motifs is 5. The predicted molar refractivity (Wildman–Crippen MR) is 153 cm³/mol. The summed E-state index contributed by atoms with van der Waals surface area (Å²) in [5.74, 6) is -1.67. The quantitative estimate of drug-likeness (QED) is 0.258. The molecule has 0 bridgehead atoms. The van der Waals surface area contributed by atoms with E-state index in [1.54, 1.807) is 6.07 Å². The highest BCUT2D eigenvalue weighted by atomic mass is 19.2. The van der Waals surface area contributed by atoms with Crippen LogP contribution in [0.3, 0.4) is 0 Å². The molecule has 2 aliphatic rings. The molecule has 39 heavy (non-hydrogen) atoms. The molecule has 2 aromatic heterocycles. The number of morpholine rings is 1. The van der Waals surface area contributed by atoms with Crippen molar-refractivity contribution in [2.75, 3.05) is 44.2 Å². The molecule has 5 aromatic rings. The Hall–Kier alpha value is -3.55. The van der Waals surface area contributed by atoms with Gasteiger partial charge in [0.1, 0.15) is 0 Å². The molecule has 0 N–H and O–H groups in total. The van der Waals surface area contributed by atoms with Crippen LogP contribution in [0.4, 0.5) is 14.5 Å². The summed E-state index contributed by atoms with van der Waals surface area (Å²) in [6, 6.07) is 18.7. The summed E-state index contributed by atoms with van der Waals surface area (Å²) in [6.45, 7) is 8.92. The Labute approximate surface area is 226 Å². The van der Waals surface area contributed by atoms with E-state index in [1.807, 2.05) is 12.1 Å². The van der Waals surface area contributed by atoms with Crippen LogP contribution in [0.15, 0.2) is 60.7 Å². The van der Waals surface area contributed by atoms with Crippen molar-refractivity contribution in [3.63, 3.8) is 0 Å². The van der Waals surface area contributed by atoms with Gasteiger partial charge in [0.25, 0.3) is 0 Å². The summed E-state index contributed by atoms with van der Waals surface area (Å²) in [7, 11) is 0. The number of benzene rings is 3. The van der Waals surface area contributed by atoms with Crippen LogP contribution < -0.4 is 4.90 Å². The molecule has 1 saturated heterocycles. The van der Waals surface area contributed by atoms with Crippen molar-refractivity contribution < 1.29 is 13.5 Å². The zero-order valence-corrected chi connectivity index (χ0v) is 22.2. The summed E-state index contributed by atoms with van der Waals surface area (Å²) in [5.41, 5.74) is 7.01. The number of halogens is 2. The van der Waals surface area contributed by atoms with Crippen molar-refractivity contribution in [1.82, 2.24) is 14.5 Å². The minimum absolute atomic E-state index is 0.299. The maximum atomic E-state index is 14.0. The van der Waals surface area contributed by atoms with Crippen LogP contribution in [0.5, 0.6) is 0 Å². The zero-order valence-electron chi connectivity index (χ0n) is 22.2. The third-order valence-corrected chi connectivity index (χ3v) is 8.26. The highest BCUT2D eigenvalue weighted by Gasteiger charge is 2.25. The van der Waals surface area contributed by atoms with Gasteiger partial charge in [-0.15, -0.1) is 0 Å². The number of rotatable bonds is 5. The highest BCUT2D eigenvalue weighted by molar-refractivity contribution is 6.17. The molecule has 7 rings (SSSR count). The molecule has 1 atom stereocenters. The molecule has 0 amide bonds. The number of nitrogens with zero attached hydrogens (tertiary/aromatic N) is 4. The van der Waals surface area contributed by atoms with E-state index in [4.69, 9.17) is 9.72 Å². The van der Waals surface area contributed by atoms with Crippen LogP contribution in [0, 0.1) is 11.6 Å². The van der Waals surface area contributed by atoms with Gasteiger partial charge in [-0.25, -0.2) is 13.8 Å². The molecule has 0 radical (unpaired) electrons. The van der Waals surface area contributed by atoms with E-state index in [2.05, 4.69) is 51.6 Å². The minimum atomic E-state index is -0.835. The third kappa shape index (κ3) is 4.34. The fourth-order valence-electron chi connectivity index (χ4n) is 6.45. The first-order chi connectivity index (χ1) is 19.1. The predicted octanol–water partition coefficient (Wildman–Crippen LogP) is 6.61. The van der Waals surface area contributed by atoms with Crippen LogP contribution in [0.25, 0.3) is 44.0 Å². The van der Waals surface area contributed by atoms with Crippen LogP contribution in [0.1, 0.15) is 19.8 Å². The average Bonchev–Trinajstić information content (AvgIpc) is 3.11. The first kappa shape index (κ1) is 24.5. The summed E-state index contributed by atoms with van der Waals surface area (Å²) in [6.07, 6.45) is 2.43. The number of hydrogen-bond donors (Lipinski definition) is 0. The van der Waals surface area contributed by atoms with Gasteiger partial charge < -0.3 is 14.2 Å². The van der Waals surface area contributed by atoms with Crippen molar-refractivity contribution >= 4 is 38.5 Å². The smallest absolute Gasteiger partial charge is 0.159 e. The third-order valence-electron chi connectivity index (χ3n) is 8.26. The van der Waals surface area contributed by atoms with Gasteiger partial charge in [-0.2, -0.15) is 0 Å². The number of anilines is 1. The Balaban J connectivity index is 1.34. The lowest BCUT2D eigenvalue weighted by atomic mass is 10.0. The topological polar surface area (TPSA) is 33.5 Å². The number of para-hydroxylation sites is 1. The number of hydrogen-bond acceptors (Lipinski definition) is 4. The molecular formula is C32H32F2N4O. The van der Waals surface area contributed by atoms with Crippen molar-refractivity contribution in [2.45, 2.75) is 32.4 Å². The van der Waals surface area contributed by atoms with E-state index >= 15 is 0 Å². The van der Waals surface area contributed by atoms with E-state index in [1.165, 1.54) is 28.7 Å². The van der Waals surface area contributed by atoms with Gasteiger partial charge in [-0.3, -0.25) is 4.90 Å². The lowest BCUT2D eigenvalue weighted by Gasteiger charge is -2.32. The SMILES string of the molecule is C[C@@H]1CN(CCCN2CCCn3c4ccc(-c5ccc(F)c(F)c5)cc4c4nc5ccccc5c2c43)CCO1. The average molecular weight is 527 g/mol. The molecule has 0 aliphatic carbocycles. The van der Waals surface area contributed by atoms with Crippen molar-refractivity contribution in [3.8, 4) is 11.1 Å². The lowest BCUT2D eigenvalue weighted by molar-refractivity contribution is -0.0182. The maximum absolute atomic E-state index is 14.0. The minimum Gasteiger partial charge on any atom is -0.376 e. The number of aryl methyl sites for hydroxylation is 1. The van der Waals surface area contributed by atoms with Gasteiger partial charge >= 0.3 is 0 Å². The molecule has 200 valence electrons. The van der Waals surface area contributed by atoms with Crippen LogP contribution >= 0.6 is 0 Å². The molecule has 7 heteroatoms. The fraction of sp³-hybridized carbons (Fsp3) is 0.344. The molecule has 3 aromatic carbocycles. The van der Waals surface area contributed by atoms with E-state index < -0.39 is 11.6 Å². The normalized spacial score (nSPS) is 18.3. The first-order valence-corrected chi connectivity index (χ1v) is 14.0.